The molecule has 5 heteroatoms. The molecule has 0 unspecified atom stereocenters. The standard InChI is InChI=1S/C15H13Cl2N3/c16-11-5-7-12(8-6-11)20-15(17)13(9-18)14(19-20)10-3-1-2-4-10/h5-8,10H,1-4H2. The molecule has 3 rings (SSSR count). The zero-order valence-corrected chi connectivity index (χ0v) is 12.3. The van der Waals surface area contributed by atoms with Gasteiger partial charge < -0.3 is 0 Å². The fourth-order valence-electron chi connectivity index (χ4n) is 2.76. The van der Waals surface area contributed by atoms with E-state index in [4.69, 9.17) is 23.2 Å². The quantitative estimate of drug-likeness (QED) is 0.806. The minimum absolute atomic E-state index is 0.357. The van der Waals surface area contributed by atoms with Crippen molar-refractivity contribution in [1.29, 1.82) is 5.26 Å². The number of hydrogen-bond acceptors (Lipinski definition) is 2. The third-order valence-electron chi connectivity index (χ3n) is 3.78. The number of benzene rings is 1. The van der Waals surface area contributed by atoms with Gasteiger partial charge in [-0.25, -0.2) is 4.68 Å². The van der Waals surface area contributed by atoms with Crippen LogP contribution in [0, 0.1) is 11.3 Å². The molecule has 1 heterocycles. The Kier molecular flexibility index (Phi) is 3.69. The van der Waals surface area contributed by atoms with Crippen LogP contribution in [0.2, 0.25) is 10.2 Å². The zero-order chi connectivity index (χ0) is 14.1. The Labute approximate surface area is 127 Å². The van der Waals surface area contributed by atoms with Crippen molar-refractivity contribution in [2.24, 2.45) is 0 Å². The summed E-state index contributed by atoms with van der Waals surface area (Å²) >= 11 is 12.2. The molecule has 102 valence electrons. The molecule has 1 saturated carbocycles. The third kappa shape index (κ3) is 2.30. The average Bonchev–Trinajstić information content (AvgIpc) is 3.07. The summed E-state index contributed by atoms with van der Waals surface area (Å²) < 4.78 is 1.63. The van der Waals surface area contributed by atoms with Crippen LogP contribution in [0.4, 0.5) is 0 Å². The highest BCUT2D eigenvalue weighted by molar-refractivity contribution is 6.31. The first-order valence-corrected chi connectivity index (χ1v) is 7.40. The molecule has 1 aliphatic carbocycles. The molecule has 1 aliphatic rings. The first kappa shape index (κ1) is 13.5. The van der Waals surface area contributed by atoms with Crippen molar-refractivity contribution in [3.05, 3.63) is 45.7 Å². The molecule has 0 amide bonds. The summed E-state index contributed by atoms with van der Waals surface area (Å²) in [4.78, 5) is 0. The summed E-state index contributed by atoms with van der Waals surface area (Å²) in [7, 11) is 0. The Morgan fingerprint density at radius 3 is 2.40 bits per heavy atom. The van der Waals surface area contributed by atoms with Crippen molar-refractivity contribution in [1.82, 2.24) is 9.78 Å². The second-order valence-electron chi connectivity index (χ2n) is 5.03. The number of nitrogens with zero attached hydrogens (tertiary/aromatic N) is 3. The van der Waals surface area contributed by atoms with E-state index in [1.807, 2.05) is 12.1 Å². The fraction of sp³-hybridized carbons (Fsp3) is 0.333. The lowest BCUT2D eigenvalue weighted by atomic mass is 10.0. The molecule has 0 N–H and O–H groups in total. The molecule has 3 nitrogen and oxygen atoms in total. The molecule has 0 atom stereocenters. The van der Waals surface area contributed by atoms with E-state index in [-0.39, 0.29) is 0 Å². The van der Waals surface area contributed by atoms with Crippen molar-refractivity contribution in [2.45, 2.75) is 31.6 Å². The second kappa shape index (κ2) is 5.47. The molecular formula is C15H13Cl2N3. The van der Waals surface area contributed by atoms with Gasteiger partial charge >= 0.3 is 0 Å². The largest absolute Gasteiger partial charge is 0.221 e. The Morgan fingerprint density at radius 2 is 1.80 bits per heavy atom. The highest BCUT2D eigenvalue weighted by atomic mass is 35.5. The minimum atomic E-state index is 0.357. The van der Waals surface area contributed by atoms with Gasteiger partial charge in [-0.1, -0.05) is 36.0 Å². The van der Waals surface area contributed by atoms with Crippen molar-refractivity contribution < 1.29 is 0 Å². The third-order valence-corrected chi connectivity index (χ3v) is 4.38. The molecule has 1 fully saturated rings. The van der Waals surface area contributed by atoms with Gasteiger partial charge in [0, 0.05) is 10.9 Å². The van der Waals surface area contributed by atoms with Crippen molar-refractivity contribution >= 4 is 23.2 Å². The van der Waals surface area contributed by atoms with E-state index in [0.717, 1.165) is 24.2 Å². The van der Waals surface area contributed by atoms with Gasteiger partial charge in [0.2, 0.25) is 0 Å². The first-order chi connectivity index (χ1) is 9.70. The lowest BCUT2D eigenvalue weighted by Gasteiger charge is -2.05. The van der Waals surface area contributed by atoms with Crippen LogP contribution < -0.4 is 0 Å². The molecule has 2 aromatic rings. The van der Waals surface area contributed by atoms with E-state index in [1.165, 1.54) is 12.8 Å². The molecule has 0 aliphatic heterocycles. The van der Waals surface area contributed by atoms with E-state index in [0.29, 0.717) is 21.7 Å². The summed E-state index contributed by atoms with van der Waals surface area (Å²) in [5.74, 6) is 0.357. The summed E-state index contributed by atoms with van der Waals surface area (Å²) in [6, 6.07) is 9.47. The Hall–Kier alpha value is -1.50. The van der Waals surface area contributed by atoms with Gasteiger partial charge in [0.1, 0.15) is 11.6 Å². The van der Waals surface area contributed by atoms with Gasteiger partial charge in [-0.2, -0.15) is 10.4 Å². The van der Waals surface area contributed by atoms with Crippen LogP contribution in [0.15, 0.2) is 24.3 Å². The van der Waals surface area contributed by atoms with Crippen LogP contribution in [0.25, 0.3) is 5.69 Å². The monoisotopic (exact) mass is 305 g/mol. The maximum absolute atomic E-state index is 9.36. The predicted molar refractivity (Wildman–Crippen MR) is 79.5 cm³/mol. The maximum atomic E-state index is 9.36. The molecule has 0 radical (unpaired) electrons. The highest BCUT2D eigenvalue weighted by Crippen LogP contribution is 2.37. The van der Waals surface area contributed by atoms with Gasteiger partial charge in [-0.15, -0.1) is 0 Å². The van der Waals surface area contributed by atoms with Crippen LogP contribution in [0.3, 0.4) is 0 Å². The molecule has 0 saturated heterocycles. The Balaban J connectivity index is 2.08. The highest BCUT2D eigenvalue weighted by Gasteiger charge is 2.26. The van der Waals surface area contributed by atoms with Crippen LogP contribution in [0.5, 0.6) is 0 Å². The Bertz CT molecular complexity index is 662. The normalized spacial score (nSPS) is 15.4. The molecule has 1 aromatic carbocycles. The number of nitriles is 1. The van der Waals surface area contributed by atoms with Gasteiger partial charge in [0.15, 0.2) is 5.15 Å². The molecule has 1 aromatic heterocycles. The van der Waals surface area contributed by atoms with Gasteiger partial charge in [-0.05, 0) is 37.1 Å². The summed E-state index contributed by atoms with van der Waals surface area (Å²) in [6.07, 6.45) is 4.56. The number of hydrogen-bond donors (Lipinski definition) is 0. The van der Waals surface area contributed by atoms with Gasteiger partial charge in [-0.3, -0.25) is 0 Å². The molecule has 0 spiro atoms. The van der Waals surface area contributed by atoms with E-state index in [2.05, 4.69) is 11.2 Å². The number of halogens is 2. The Morgan fingerprint density at radius 1 is 1.15 bits per heavy atom. The minimum Gasteiger partial charge on any atom is -0.221 e. The number of aromatic nitrogens is 2. The van der Waals surface area contributed by atoms with E-state index in [9.17, 15) is 5.26 Å². The van der Waals surface area contributed by atoms with E-state index in [1.54, 1.807) is 16.8 Å². The van der Waals surface area contributed by atoms with Gasteiger partial charge in [0.25, 0.3) is 0 Å². The topological polar surface area (TPSA) is 41.6 Å². The predicted octanol–water partition coefficient (Wildman–Crippen LogP) is 4.71. The summed E-state index contributed by atoms with van der Waals surface area (Å²) in [5.41, 5.74) is 2.17. The van der Waals surface area contributed by atoms with Crippen molar-refractivity contribution in [3.8, 4) is 11.8 Å². The summed E-state index contributed by atoms with van der Waals surface area (Å²) in [6.45, 7) is 0. The van der Waals surface area contributed by atoms with E-state index >= 15 is 0 Å². The summed E-state index contributed by atoms with van der Waals surface area (Å²) in [5, 5.41) is 15.0. The van der Waals surface area contributed by atoms with E-state index < -0.39 is 0 Å². The van der Waals surface area contributed by atoms with Crippen LogP contribution in [0.1, 0.15) is 42.9 Å². The smallest absolute Gasteiger partial charge is 0.150 e. The fourth-order valence-corrected chi connectivity index (χ4v) is 3.16. The van der Waals surface area contributed by atoms with Crippen LogP contribution in [-0.4, -0.2) is 9.78 Å². The van der Waals surface area contributed by atoms with Gasteiger partial charge in [0.05, 0.1) is 11.4 Å². The lowest BCUT2D eigenvalue weighted by molar-refractivity contribution is 0.677. The molecule has 0 bridgehead atoms. The SMILES string of the molecule is N#Cc1c(C2CCCC2)nn(-c2ccc(Cl)cc2)c1Cl. The van der Waals surface area contributed by atoms with Crippen LogP contribution >= 0.6 is 23.2 Å². The molecular weight excluding hydrogens is 293 g/mol. The lowest BCUT2D eigenvalue weighted by Crippen LogP contribution is -1.99. The maximum Gasteiger partial charge on any atom is 0.150 e. The van der Waals surface area contributed by atoms with Crippen molar-refractivity contribution in [3.63, 3.8) is 0 Å². The zero-order valence-electron chi connectivity index (χ0n) is 10.8. The van der Waals surface area contributed by atoms with Crippen molar-refractivity contribution in [2.75, 3.05) is 0 Å². The first-order valence-electron chi connectivity index (χ1n) is 6.65. The van der Waals surface area contributed by atoms with Crippen LogP contribution in [-0.2, 0) is 0 Å². The number of rotatable bonds is 2. The second-order valence-corrected chi connectivity index (χ2v) is 5.83. The average molecular weight is 306 g/mol. The molecule has 20 heavy (non-hydrogen) atoms.